The predicted molar refractivity (Wildman–Crippen MR) is 59.2 cm³/mol. The Morgan fingerprint density at radius 1 is 1.43 bits per heavy atom. The SMILES string of the molecule is [C-]#[N+]c1c2c(cn(C)c1=S)CCCC2. The lowest BCUT2D eigenvalue weighted by Crippen LogP contribution is -2.07. The van der Waals surface area contributed by atoms with Gasteiger partial charge in [0.25, 0.3) is 0 Å². The van der Waals surface area contributed by atoms with Crippen molar-refractivity contribution in [3.63, 3.8) is 0 Å². The molecule has 0 unspecified atom stereocenters. The zero-order valence-electron chi connectivity index (χ0n) is 8.21. The third kappa shape index (κ3) is 1.36. The van der Waals surface area contributed by atoms with Crippen LogP contribution in [0.4, 0.5) is 5.69 Å². The van der Waals surface area contributed by atoms with Gasteiger partial charge in [0.1, 0.15) is 4.64 Å². The summed E-state index contributed by atoms with van der Waals surface area (Å²) >= 11 is 5.23. The van der Waals surface area contributed by atoms with E-state index in [2.05, 4.69) is 11.0 Å². The molecule has 0 saturated heterocycles. The second-order valence-electron chi connectivity index (χ2n) is 3.72. The minimum absolute atomic E-state index is 0.681. The van der Waals surface area contributed by atoms with Crippen molar-refractivity contribution in [2.45, 2.75) is 25.7 Å². The highest BCUT2D eigenvalue weighted by atomic mass is 32.1. The lowest BCUT2D eigenvalue weighted by molar-refractivity contribution is 0.674. The summed E-state index contributed by atoms with van der Waals surface area (Å²) in [6.07, 6.45) is 6.64. The molecule has 3 heteroatoms. The molecule has 2 nitrogen and oxygen atoms in total. The summed E-state index contributed by atoms with van der Waals surface area (Å²) in [5.41, 5.74) is 3.23. The van der Waals surface area contributed by atoms with Crippen molar-refractivity contribution in [2.24, 2.45) is 7.05 Å². The molecule has 0 fully saturated rings. The van der Waals surface area contributed by atoms with Crippen molar-refractivity contribution in [1.82, 2.24) is 4.57 Å². The van der Waals surface area contributed by atoms with Crippen LogP contribution in [0.15, 0.2) is 6.20 Å². The van der Waals surface area contributed by atoms with Crippen molar-refractivity contribution < 1.29 is 0 Å². The van der Waals surface area contributed by atoms with Crippen LogP contribution in [0.1, 0.15) is 24.0 Å². The standard InChI is InChI=1S/C11H12N2S/c1-12-10-9-6-4-3-5-8(9)7-13(2)11(10)14/h7H,3-6H2,2H3. The normalized spacial score (nSPS) is 14.6. The minimum Gasteiger partial charge on any atom is -0.351 e. The van der Waals surface area contributed by atoms with Crippen LogP contribution in [0.5, 0.6) is 0 Å². The highest BCUT2D eigenvalue weighted by Crippen LogP contribution is 2.30. The van der Waals surface area contributed by atoms with Crippen molar-refractivity contribution in [3.05, 3.63) is 33.4 Å². The van der Waals surface area contributed by atoms with Crippen LogP contribution in [-0.2, 0) is 19.9 Å². The van der Waals surface area contributed by atoms with E-state index in [1.165, 1.54) is 24.0 Å². The summed E-state index contributed by atoms with van der Waals surface area (Å²) < 4.78 is 2.58. The van der Waals surface area contributed by atoms with Gasteiger partial charge in [-0.3, -0.25) is 0 Å². The number of aromatic nitrogens is 1. The number of aryl methyl sites for hydroxylation is 2. The van der Waals surface area contributed by atoms with E-state index in [9.17, 15) is 0 Å². The zero-order chi connectivity index (χ0) is 10.1. The molecule has 0 spiro atoms. The second kappa shape index (κ2) is 3.55. The molecule has 1 aliphatic rings. The van der Waals surface area contributed by atoms with Crippen LogP contribution < -0.4 is 0 Å². The lowest BCUT2D eigenvalue weighted by atomic mass is 9.92. The zero-order valence-corrected chi connectivity index (χ0v) is 9.02. The average Bonchev–Trinajstić information content (AvgIpc) is 2.20. The monoisotopic (exact) mass is 204 g/mol. The quantitative estimate of drug-likeness (QED) is 0.466. The van der Waals surface area contributed by atoms with E-state index in [-0.39, 0.29) is 0 Å². The second-order valence-corrected chi connectivity index (χ2v) is 4.10. The van der Waals surface area contributed by atoms with Gasteiger partial charge in [0.15, 0.2) is 0 Å². The Kier molecular flexibility index (Phi) is 2.39. The fraction of sp³-hybridized carbons (Fsp3) is 0.455. The molecule has 1 heterocycles. The van der Waals surface area contributed by atoms with Gasteiger partial charge in [0.2, 0.25) is 5.69 Å². The molecular weight excluding hydrogens is 192 g/mol. The summed E-state index contributed by atoms with van der Waals surface area (Å²) in [7, 11) is 1.92. The Balaban J connectivity index is 2.74. The smallest absolute Gasteiger partial charge is 0.224 e. The molecule has 0 atom stereocenters. The predicted octanol–water partition coefficient (Wildman–Crippen LogP) is 3.18. The summed E-state index contributed by atoms with van der Waals surface area (Å²) in [5.74, 6) is 0. The molecule has 0 amide bonds. The van der Waals surface area contributed by atoms with E-state index < -0.39 is 0 Å². The van der Waals surface area contributed by atoms with Crippen LogP contribution >= 0.6 is 12.2 Å². The van der Waals surface area contributed by atoms with Crippen LogP contribution in [0.2, 0.25) is 0 Å². The van der Waals surface area contributed by atoms with Gasteiger partial charge in [0, 0.05) is 13.2 Å². The molecule has 0 aliphatic heterocycles. The van der Waals surface area contributed by atoms with Crippen LogP contribution in [0, 0.1) is 11.2 Å². The largest absolute Gasteiger partial charge is 0.351 e. The maximum absolute atomic E-state index is 7.17. The molecule has 1 aliphatic carbocycles. The Morgan fingerprint density at radius 2 is 2.14 bits per heavy atom. The van der Waals surface area contributed by atoms with Crippen LogP contribution in [-0.4, -0.2) is 4.57 Å². The van der Waals surface area contributed by atoms with Gasteiger partial charge in [-0.1, -0.05) is 18.6 Å². The Morgan fingerprint density at radius 3 is 2.86 bits per heavy atom. The van der Waals surface area contributed by atoms with E-state index in [0.29, 0.717) is 10.3 Å². The summed E-state index contributed by atoms with van der Waals surface area (Å²) in [6, 6.07) is 0. The van der Waals surface area contributed by atoms with Crippen LogP contribution in [0.25, 0.3) is 4.85 Å². The Hall–Kier alpha value is -1.14. The molecule has 0 bridgehead atoms. The number of nitrogens with zero attached hydrogens (tertiary/aromatic N) is 2. The van der Waals surface area contributed by atoms with E-state index in [0.717, 1.165) is 12.8 Å². The number of rotatable bonds is 0. The van der Waals surface area contributed by atoms with Crippen molar-refractivity contribution in [1.29, 1.82) is 0 Å². The number of hydrogen-bond acceptors (Lipinski definition) is 1. The fourth-order valence-corrected chi connectivity index (χ4v) is 2.27. The van der Waals surface area contributed by atoms with E-state index in [1.54, 1.807) is 0 Å². The minimum atomic E-state index is 0.681. The first-order valence-electron chi connectivity index (χ1n) is 4.83. The number of hydrogen-bond donors (Lipinski definition) is 0. The lowest BCUT2D eigenvalue weighted by Gasteiger charge is -2.18. The van der Waals surface area contributed by atoms with E-state index in [1.807, 2.05) is 11.6 Å². The molecule has 1 aromatic rings. The molecule has 2 rings (SSSR count). The first kappa shape index (κ1) is 9.42. The number of fused-ring (bicyclic) bond motifs is 1. The molecule has 72 valence electrons. The van der Waals surface area contributed by atoms with E-state index in [4.69, 9.17) is 18.8 Å². The van der Waals surface area contributed by atoms with Gasteiger partial charge in [-0.2, -0.15) is 0 Å². The summed E-state index contributed by atoms with van der Waals surface area (Å²) in [5, 5.41) is 0. The molecule has 0 N–H and O–H groups in total. The highest BCUT2D eigenvalue weighted by molar-refractivity contribution is 7.71. The van der Waals surface area contributed by atoms with Gasteiger partial charge in [-0.05, 0) is 30.4 Å². The average molecular weight is 204 g/mol. The number of pyridine rings is 1. The van der Waals surface area contributed by atoms with Gasteiger partial charge >= 0.3 is 0 Å². The maximum atomic E-state index is 7.17. The highest BCUT2D eigenvalue weighted by Gasteiger charge is 2.15. The molecule has 14 heavy (non-hydrogen) atoms. The third-order valence-electron chi connectivity index (χ3n) is 2.78. The van der Waals surface area contributed by atoms with Crippen molar-refractivity contribution in [2.75, 3.05) is 0 Å². The first-order chi connectivity index (χ1) is 6.74. The van der Waals surface area contributed by atoms with Crippen LogP contribution in [0.3, 0.4) is 0 Å². The summed E-state index contributed by atoms with van der Waals surface area (Å²) in [6.45, 7) is 7.17. The Bertz CT molecular complexity index is 465. The maximum Gasteiger partial charge on any atom is 0.224 e. The topological polar surface area (TPSA) is 9.29 Å². The molecular formula is C11H12N2S. The van der Waals surface area contributed by atoms with Crippen molar-refractivity contribution >= 4 is 17.9 Å². The van der Waals surface area contributed by atoms with Gasteiger partial charge < -0.3 is 4.57 Å². The van der Waals surface area contributed by atoms with Crippen molar-refractivity contribution in [3.8, 4) is 0 Å². The Labute approximate surface area is 89.0 Å². The molecule has 0 radical (unpaired) electrons. The summed E-state index contributed by atoms with van der Waals surface area (Å²) in [4.78, 5) is 3.57. The fourth-order valence-electron chi connectivity index (χ4n) is 2.05. The van der Waals surface area contributed by atoms with Gasteiger partial charge in [0.05, 0.1) is 6.57 Å². The van der Waals surface area contributed by atoms with Gasteiger partial charge in [-0.25, -0.2) is 4.85 Å². The molecule has 0 saturated carbocycles. The third-order valence-corrected chi connectivity index (χ3v) is 3.26. The van der Waals surface area contributed by atoms with Gasteiger partial charge in [-0.15, -0.1) is 0 Å². The molecule has 1 aromatic heterocycles. The first-order valence-corrected chi connectivity index (χ1v) is 5.23. The molecule has 0 aromatic carbocycles. The van der Waals surface area contributed by atoms with E-state index >= 15 is 0 Å².